The van der Waals surface area contributed by atoms with Crippen molar-refractivity contribution < 1.29 is 0 Å². The van der Waals surface area contributed by atoms with E-state index in [1.54, 1.807) is 0 Å². The van der Waals surface area contributed by atoms with Crippen molar-refractivity contribution in [1.82, 2.24) is 15.0 Å². The van der Waals surface area contributed by atoms with Gasteiger partial charge >= 0.3 is 0 Å². The molecule has 0 saturated heterocycles. The van der Waals surface area contributed by atoms with Crippen LogP contribution < -0.4 is 10.6 Å². The van der Waals surface area contributed by atoms with Gasteiger partial charge < -0.3 is 10.6 Å². The van der Waals surface area contributed by atoms with Crippen molar-refractivity contribution >= 4 is 23.5 Å². The monoisotopic (exact) mass is 285 g/mol. The highest BCUT2D eigenvalue weighted by molar-refractivity contribution is 6.28. The summed E-state index contributed by atoms with van der Waals surface area (Å²) in [6.07, 6.45) is 4.59. The Morgan fingerprint density at radius 2 is 1.63 bits per heavy atom. The van der Waals surface area contributed by atoms with Crippen LogP contribution in [0.15, 0.2) is 0 Å². The molecule has 1 aromatic heterocycles. The van der Waals surface area contributed by atoms with E-state index in [0.717, 1.165) is 31.8 Å². The number of rotatable bonds is 9. The smallest absolute Gasteiger partial charge is 0.228 e. The molecule has 0 saturated carbocycles. The molecular formula is C13H24ClN5. The van der Waals surface area contributed by atoms with Crippen LogP contribution in [0.4, 0.5) is 11.9 Å². The van der Waals surface area contributed by atoms with E-state index >= 15 is 0 Å². The molecule has 1 heterocycles. The summed E-state index contributed by atoms with van der Waals surface area (Å²) in [6, 6.07) is 0. The van der Waals surface area contributed by atoms with Gasteiger partial charge in [-0.25, -0.2) is 0 Å². The van der Waals surface area contributed by atoms with Crippen LogP contribution in [-0.2, 0) is 0 Å². The molecule has 0 spiro atoms. The first-order valence-electron chi connectivity index (χ1n) is 7.01. The Bertz CT molecular complexity index is 370. The highest BCUT2D eigenvalue weighted by atomic mass is 35.5. The number of aromatic nitrogens is 3. The highest BCUT2D eigenvalue weighted by Crippen LogP contribution is 2.10. The lowest BCUT2D eigenvalue weighted by atomic mass is 10.1. The first-order chi connectivity index (χ1) is 9.11. The van der Waals surface area contributed by atoms with Crippen molar-refractivity contribution in [3.8, 4) is 0 Å². The first-order valence-corrected chi connectivity index (χ1v) is 7.39. The van der Waals surface area contributed by atoms with Crippen LogP contribution in [0.2, 0.25) is 5.28 Å². The third kappa shape index (κ3) is 7.15. The summed E-state index contributed by atoms with van der Waals surface area (Å²) in [5, 5.41) is 6.52. The van der Waals surface area contributed by atoms with Gasteiger partial charge in [0, 0.05) is 13.1 Å². The van der Waals surface area contributed by atoms with Crippen molar-refractivity contribution in [1.29, 1.82) is 0 Å². The predicted molar refractivity (Wildman–Crippen MR) is 80.8 cm³/mol. The van der Waals surface area contributed by atoms with Gasteiger partial charge in [-0.2, -0.15) is 15.0 Å². The molecule has 0 radical (unpaired) electrons. The van der Waals surface area contributed by atoms with Gasteiger partial charge in [0.05, 0.1) is 0 Å². The standard InChI is InChI=1S/C13H24ClN5/c1-4-8-15-12-17-11(14)18-13(19-12)16-9-6-5-7-10(2)3/h10H,4-9H2,1-3H3,(H2,15,16,17,18,19). The quantitative estimate of drug-likeness (QED) is 0.679. The number of hydrogen-bond acceptors (Lipinski definition) is 5. The Morgan fingerprint density at radius 3 is 2.21 bits per heavy atom. The Kier molecular flexibility index (Phi) is 7.48. The van der Waals surface area contributed by atoms with Gasteiger partial charge in [0.25, 0.3) is 0 Å². The molecule has 1 aromatic rings. The Hall–Kier alpha value is -1.10. The molecule has 0 fully saturated rings. The second kappa shape index (κ2) is 8.91. The minimum absolute atomic E-state index is 0.221. The normalized spacial score (nSPS) is 10.8. The first kappa shape index (κ1) is 16.0. The molecule has 0 aliphatic heterocycles. The molecule has 6 heteroatoms. The second-order valence-electron chi connectivity index (χ2n) is 4.99. The molecule has 0 aliphatic carbocycles. The fourth-order valence-electron chi connectivity index (χ4n) is 1.62. The zero-order valence-electron chi connectivity index (χ0n) is 12.0. The summed E-state index contributed by atoms with van der Waals surface area (Å²) >= 11 is 5.87. The average molecular weight is 286 g/mol. The second-order valence-corrected chi connectivity index (χ2v) is 5.33. The topological polar surface area (TPSA) is 62.7 Å². The van der Waals surface area contributed by atoms with Gasteiger partial charge in [-0.15, -0.1) is 0 Å². The van der Waals surface area contributed by atoms with E-state index < -0.39 is 0 Å². The molecule has 1 rings (SSSR count). The van der Waals surface area contributed by atoms with Crippen molar-refractivity contribution in [2.24, 2.45) is 5.92 Å². The van der Waals surface area contributed by atoms with E-state index in [4.69, 9.17) is 11.6 Å². The summed E-state index contributed by atoms with van der Waals surface area (Å²) in [6.45, 7) is 8.26. The van der Waals surface area contributed by atoms with Crippen LogP contribution in [0, 0.1) is 5.92 Å². The van der Waals surface area contributed by atoms with Gasteiger partial charge in [0.1, 0.15) is 0 Å². The maximum absolute atomic E-state index is 5.87. The van der Waals surface area contributed by atoms with E-state index in [1.165, 1.54) is 12.8 Å². The summed E-state index contributed by atoms with van der Waals surface area (Å²) in [5.74, 6) is 1.84. The van der Waals surface area contributed by atoms with Crippen LogP contribution in [0.3, 0.4) is 0 Å². The lowest BCUT2D eigenvalue weighted by Crippen LogP contribution is -2.10. The van der Waals surface area contributed by atoms with Crippen molar-refractivity contribution in [2.45, 2.75) is 46.5 Å². The molecule has 0 unspecified atom stereocenters. The fraction of sp³-hybridized carbons (Fsp3) is 0.769. The van der Waals surface area contributed by atoms with Crippen molar-refractivity contribution in [2.75, 3.05) is 23.7 Å². The number of nitrogens with zero attached hydrogens (tertiary/aromatic N) is 3. The summed E-state index contributed by atoms with van der Waals surface area (Å²) in [4.78, 5) is 12.4. The average Bonchev–Trinajstić information content (AvgIpc) is 2.35. The number of hydrogen-bond donors (Lipinski definition) is 2. The number of nitrogens with one attached hydrogen (secondary N) is 2. The number of halogens is 1. The van der Waals surface area contributed by atoms with Gasteiger partial charge in [0.15, 0.2) is 0 Å². The third-order valence-corrected chi connectivity index (χ3v) is 2.80. The molecule has 0 aromatic carbocycles. The molecule has 0 bridgehead atoms. The largest absolute Gasteiger partial charge is 0.354 e. The minimum Gasteiger partial charge on any atom is -0.354 e. The zero-order valence-corrected chi connectivity index (χ0v) is 12.8. The predicted octanol–water partition coefficient (Wildman–Crippen LogP) is 3.59. The lowest BCUT2D eigenvalue weighted by Gasteiger charge is -2.08. The lowest BCUT2D eigenvalue weighted by molar-refractivity contribution is 0.544. The van der Waals surface area contributed by atoms with E-state index in [-0.39, 0.29) is 5.28 Å². The molecule has 0 amide bonds. The van der Waals surface area contributed by atoms with Crippen LogP contribution in [-0.4, -0.2) is 28.0 Å². The van der Waals surface area contributed by atoms with Crippen LogP contribution in [0.5, 0.6) is 0 Å². The Labute approximate surface area is 120 Å². The van der Waals surface area contributed by atoms with E-state index in [9.17, 15) is 0 Å². The summed E-state index contributed by atoms with van der Waals surface area (Å²) in [5.41, 5.74) is 0. The third-order valence-electron chi connectivity index (χ3n) is 2.63. The van der Waals surface area contributed by atoms with Crippen LogP contribution >= 0.6 is 11.6 Å². The zero-order chi connectivity index (χ0) is 14.1. The Balaban J connectivity index is 2.38. The molecule has 19 heavy (non-hydrogen) atoms. The maximum atomic E-state index is 5.87. The molecule has 0 atom stereocenters. The summed E-state index contributed by atoms with van der Waals surface area (Å²) in [7, 11) is 0. The number of anilines is 2. The van der Waals surface area contributed by atoms with Crippen LogP contribution in [0.1, 0.15) is 46.5 Å². The minimum atomic E-state index is 0.221. The Morgan fingerprint density at radius 1 is 1.00 bits per heavy atom. The maximum Gasteiger partial charge on any atom is 0.228 e. The van der Waals surface area contributed by atoms with Gasteiger partial charge in [-0.1, -0.05) is 33.6 Å². The number of unbranched alkanes of at least 4 members (excludes halogenated alkanes) is 1. The van der Waals surface area contributed by atoms with E-state index in [2.05, 4.69) is 46.4 Å². The summed E-state index contributed by atoms with van der Waals surface area (Å²) < 4.78 is 0. The fourth-order valence-corrected chi connectivity index (χ4v) is 1.78. The van der Waals surface area contributed by atoms with E-state index in [0.29, 0.717) is 11.9 Å². The van der Waals surface area contributed by atoms with Gasteiger partial charge in [0.2, 0.25) is 17.2 Å². The molecule has 0 aliphatic rings. The van der Waals surface area contributed by atoms with Crippen molar-refractivity contribution in [3.63, 3.8) is 0 Å². The molecule has 2 N–H and O–H groups in total. The van der Waals surface area contributed by atoms with Crippen LogP contribution in [0.25, 0.3) is 0 Å². The van der Waals surface area contributed by atoms with Gasteiger partial charge in [-0.3, -0.25) is 0 Å². The van der Waals surface area contributed by atoms with E-state index in [1.807, 2.05) is 0 Å². The molecular weight excluding hydrogens is 262 g/mol. The molecule has 5 nitrogen and oxygen atoms in total. The highest BCUT2D eigenvalue weighted by Gasteiger charge is 2.04. The SMILES string of the molecule is CCCNc1nc(Cl)nc(NCCCCC(C)C)n1. The molecule has 108 valence electrons. The van der Waals surface area contributed by atoms with Gasteiger partial charge in [-0.05, 0) is 30.4 Å². The van der Waals surface area contributed by atoms with Crippen molar-refractivity contribution in [3.05, 3.63) is 5.28 Å².